The van der Waals surface area contributed by atoms with Gasteiger partial charge < -0.3 is 10.1 Å². The average molecular weight is 393 g/mol. The Balaban J connectivity index is 1.74. The number of nitrogens with one attached hydrogen (secondary N) is 1. The van der Waals surface area contributed by atoms with Crippen LogP contribution in [0.15, 0.2) is 53.4 Å². The van der Waals surface area contributed by atoms with Crippen LogP contribution in [0.25, 0.3) is 0 Å². The molecule has 2 aromatic carbocycles. The summed E-state index contributed by atoms with van der Waals surface area (Å²) in [7, 11) is -3.60. The number of benzene rings is 2. The minimum atomic E-state index is -3.60. The molecule has 0 aliphatic carbocycles. The fourth-order valence-electron chi connectivity index (χ4n) is 2.19. The number of halogens is 1. The maximum absolute atomic E-state index is 13.4. The van der Waals surface area contributed by atoms with E-state index in [9.17, 15) is 22.4 Å². The zero-order chi connectivity index (χ0) is 19.9. The van der Waals surface area contributed by atoms with Gasteiger partial charge in [0, 0.05) is 12.1 Å². The van der Waals surface area contributed by atoms with Crippen LogP contribution in [-0.2, 0) is 30.7 Å². The van der Waals surface area contributed by atoms with Gasteiger partial charge in [0.15, 0.2) is 16.4 Å². The summed E-state index contributed by atoms with van der Waals surface area (Å²) in [5, 5.41) is 2.42. The average Bonchev–Trinajstić information content (AvgIpc) is 2.64. The summed E-state index contributed by atoms with van der Waals surface area (Å²) in [5.74, 6) is -2.26. The fourth-order valence-corrected chi connectivity index (χ4v) is 3.41. The van der Waals surface area contributed by atoms with Gasteiger partial charge in [-0.3, -0.25) is 9.59 Å². The molecular formula is C19H20FNO5S. The maximum atomic E-state index is 13.4. The second-order valence-electron chi connectivity index (χ2n) is 5.91. The standard InChI is InChI=1S/C19H20FNO5S/c1-14-6-8-16(9-7-14)27(24,25)11-10-19(23)26-13-18(22)21-12-15-4-2-3-5-17(15)20/h2-9H,10-13H2,1H3,(H,21,22). The minimum absolute atomic E-state index is 0.0368. The van der Waals surface area contributed by atoms with Crippen molar-refractivity contribution < 1.29 is 27.1 Å². The topological polar surface area (TPSA) is 89.5 Å². The normalized spacial score (nSPS) is 11.0. The molecule has 0 radical (unpaired) electrons. The molecule has 0 aromatic heterocycles. The van der Waals surface area contributed by atoms with E-state index in [4.69, 9.17) is 4.74 Å². The van der Waals surface area contributed by atoms with Gasteiger partial charge in [0.25, 0.3) is 5.91 Å². The Hall–Kier alpha value is -2.74. The first kappa shape index (κ1) is 20.6. The molecule has 0 aliphatic heterocycles. The van der Waals surface area contributed by atoms with Crippen molar-refractivity contribution in [1.82, 2.24) is 5.32 Å². The molecule has 0 unspecified atom stereocenters. The quantitative estimate of drug-likeness (QED) is 0.694. The van der Waals surface area contributed by atoms with Gasteiger partial charge in [-0.15, -0.1) is 0 Å². The van der Waals surface area contributed by atoms with E-state index in [0.29, 0.717) is 5.56 Å². The maximum Gasteiger partial charge on any atom is 0.307 e. The van der Waals surface area contributed by atoms with Crippen molar-refractivity contribution in [1.29, 1.82) is 0 Å². The van der Waals surface area contributed by atoms with Crippen LogP contribution in [0.5, 0.6) is 0 Å². The zero-order valence-corrected chi connectivity index (χ0v) is 15.6. The molecule has 0 saturated heterocycles. The molecule has 0 atom stereocenters. The number of rotatable bonds is 8. The molecule has 0 fully saturated rings. The largest absolute Gasteiger partial charge is 0.456 e. The second kappa shape index (κ2) is 9.27. The van der Waals surface area contributed by atoms with Crippen LogP contribution >= 0.6 is 0 Å². The van der Waals surface area contributed by atoms with Crippen molar-refractivity contribution in [3.63, 3.8) is 0 Å². The first-order chi connectivity index (χ1) is 12.8. The Morgan fingerprint density at radius 3 is 2.41 bits per heavy atom. The van der Waals surface area contributed by atoms with Crippen molar-refractivity contribution in [3.8, 4) is 0 Å². The van der Waals surface area contributed by atoms with Crippen LogP contribution in [-0.4, -0.2) is 32.7 Å². The lowest BCUT2D eigenvalue weighted by Gasteiger charge is -2.08. The lowest BCUT2D eigenvalue weighted by molar-refractivity contribution is -0.148. The summed E-state index contributed by atoms with van der Waals surface area (Å²) in [6.45, 7) is 1.24. The van der Waals surface area contributed by atoms with E-state index >= 15 is 0 Å². The Morgan fingerprint density at radius 2 is 1.74 bits per heavy atom. The molecule has 8 heteroatoms. The molecule has 2 rings (SSSR count). The van der Waals surface area contributed by atoms with E-state index < -0.39 is 39.9 Å². The van der Waals surface area contributed by atoms with Crippen LogP contribution in [0.1, 0.15) is 17.5 Å². The van der Waals surface area contributed by atoms with E-state index in [1.807, 2.05) is 6.92 Å². The van der Waals surface area contributed by atoms with Gasteiger partial charge in [-0.25, -0.2) is 12.8 Å². The third-order valence-electron chi connectivity index (χ3n) is 3.75. The van der Waals surface area contributed by atoms with Gasteiger partial charge in [-0.1, -0.05) is 35.9 Å². The van der Waals surface area contributed by atoms with Gasteiger partial charge in [-0.05, 0) is 25.1 Å². The summed E-state index contributed by atoms with van der Waals surface area (Å²) >= 11 is 0. The minimum Gasteiger partial charge on any atom is -0.456 e. The lowest BCUT2D eigenvalue weighted by atomic mass is 10.2. The number of aryl methyl sites for hydroxylation is 1. The number of hydrogen-bond donors (Lipinski definition) is 1. The van der Waals surface area contributed by atoms with Crippen molar-refractivity contribution in [2.24, 2.45) is 0 Å². The van der Waals surface area contributed by atoms with E-state index in [0.717, 1.165) is 5.56 Å². The van der Waals surface area contributed by atoms with E-state index in [1.165, 1.54) is 30.3 Å². The highest BCUT2D eigenvalue weighted by Crippen LogP contribution is 2.13. The molecule has 2 aromatic rings. The molecule has 6 nitrogen and oxygen atoms in total. The van der Waals surface area contributed by atoms with Crippen molar-refractivity contribution in [2.45, 2.75) is 24.8 Å². The second-order valence-corrected chi connectivity index (χ2v) is 8.02. The highest BCUT2D eigenvalue weighted by molar-refractivity contribution is 7.91. The van der Waals surface area contributed by atoms with E-state index in [1.54, 1.807) is 18.2 Å². The first-order valence-corrected chi connectivity index (χ1v) is 9.88. The third kappa shape index (κ3) is 6.49. The monoisotopic (exact) mass is 393 g/mol. The van der Waals surface area contributed by atoms with Gasteiger partial charge >= 0.3 is 5.97 Å². The van der Waals surface area contributed by atoms with Crippen LogP contribution in [0.3, 0.4) is 0 Å². The molecule has 0 saturated carbocycles. The predicted octanol–water partition coefficient (Wildman–Crippen LogP) is 2.16. The summed E-state index contributed by atoms with van der Waals surface area (Å²) < 4.78 is 42.5. The predicted molar refractivity (Wildman–Crippen MR) is 97.1 cm³/mol. The molecule has 27 heavy (non-hydrogen) atoms. The van der Waals surface area contributed by atoms with E-state index in [-0.39, 0.29) is 17.9 Å². The zero-order valence-electron chi connectivity index (χ0n) is 14.8. The van der Waals surface area contributed by atoms with Crippen molar-refractivity contribution >= 4 is 21.7 Å². The van der Waals surface area contributed by atoms with Crippen LogP contribution in [0.4, 0.5) is 4.39 Å². The van der Waals surface area contributed by atoms with Crippen LogP contribution in [0, 0.1) is 12.7 Å². The van der Waals surface area contributed by atoms with Gasteiger partial charge in [0.2, 0.25) is 0 Å². The summed E-state index contributed by atoms with van der Waals surface area (Å²) in [6, 6.07) is 12.3. The number of ether oxygens (including phenoxy) is 1. The Bertz CT molecular complexity index is 910. The third-order valence-corrected chi connectivity index (χ3v) is 5.49. The molecular weight excluding hydrogens is 373 g/mol. The number of esters is 1. The Kier molecular flexibility index (Phi) is 7.06. The first-order valence-electron chi connectivity index (χ1n) is 8.23. The molecule has 1 N–H and O–H groups in total. The van der Waals surface area contributed by atoms with Crippen molar-refractivity contribution in [3.05, 3.63) is 65.5 Å². The summed E-state index contributed by atoms with van der Waals surface area (Å²) in [4.78, 5) is 23.5. The molecule has 0 heterocycles. The van der Waals surface area contributed by atoms with E-state index in [2.05, 4.69) is 5.32 Å². The smallest absolute Gasteiger partial charge is 0.307 e. The van der Waals surface area contributed by atoms with Crippen LogP contribution < -0.4 is 5.32 Å². The highest BCUT2D eigenvalue weighted by atomic mass is 32.2. The highest BCUT2D eigenvalue weighted by Gasteiger charge is 2.17. The lowest BCUT2D eigenvalue weighted by Crippen LogP contribution is -2.29. The van der Waals surface area contributed by atoms with Crippen LogP contribution in [0.2, 0.25) is 0 Å². The van der Waals surface area contributed by atoms with Gasteiger partial charge in [-0.2, -0.15) is 0 Å². The van der Waals surface area contributed by atoms with Gasteiger partial charge in [0.05, 0.1) is 17.1 Å². The SMILES string of the molecule is Cc1ccc(S(=O)(=O)CCC(=O)OCC(=O)NCc2ccccc2F)cc1. The number of sulfone groups is 1. The fraction of sp³-hybridized carbons (Fsp3) is 0.263. The molecule has 0 bridgehead atoms. The molecule has 0 aliphatic rings. The molecule has 144 valence electrons. The number of amides is 1. The van der Waals surface area contributed by atoms with Crippen molar-refractivity contribution in [2.75, 3.05) is 12.4 Å². The summed E-state index contributed by atoms with van der Waals surface area (Å²) in [5.41, 5.74) is 1.23. The number of hydrogen-bond acceptors (Lipinski definition) is 5. The summed E-state index contributed by atoms with van der Waals surface area (Å²) in [6.07, 6.45) is -0.364. The molecule has 0 spiro atoms. The number of carbonyl (C=O) groups excluding carboxylic acids is 2. The number of carbonyl (C=O) groups is 2. The van der Waals surface area contributed by atoms with Gasteiger partial charge in [0.1, 0.15) is 5.82 Å². The molecule has 1 amide bonds. The Labute approximate surface area is 157 Å². The Morgan fingerprint density at radius 1 is 1.07 bits per heavy atom.